The third-order valence-corrected chi connectivity index (χ3v) is 7.27. The van der Waals surface area contributed by atoms with Gasteiger partial charge in [0.05, 0.1) is 15.6 Å². The summed E-state index contributed by atoms with van der Waals surface area (Å²) in [6.07, 6.45) is 3.05. The number of hydrogen-bond donors (Lipinski definition) is 1. The quantitative estimate of drug-likeness (QED) is 0.202. The lowest BCUT2D eigenvalue weighted by atomic mass is 10.1. The van der Waals surface area contributed by atoms with Gasteiger partial charge in [-0.2, -0.15) is 0 Å². The van der Waals surface area contributed by atoms with Gasteiger partial charge in [-0.1, -0.05) is 59.6 Å². The molecule has 0 fully saturated rings. The topological polar surface area (TPSA) is 65.6 Å². The lowest BCUT2D eigenvalue weighted by molar-refractivity contribution is -0.132. The molecule has 0 aliphatic heterocycles. The Bertz CT molecular complexity index is 1440. The molecule has 0 spiro atoms. The van der Waals surface area contributed by atoms with E-state index in [-0.39, 0.29) is 31.1 Å². The number of aromatic nitrogens is 1. The van der Waals surface area contributed by atoms with E-state index in [0.29, 0.717) is 36.0 Å². The molecule has 9 heteroatoms. The van der Waals surface area contributed by atoms with Gasteiger partial charge >= 0.3 is 0 Å². The summed E-state index contributed by atoms with van der Waals surface area (Å²) in [6, 6.07) is 19.0. The number of amides is 2. The summed E-state index contributed by atoms with van der Waals surface area (Å²) >= 11 is 12.3. The van der Waals surface area contributed by atoms with Crippen LogP contribution in [-0.2, 0) is 22.5 Å². The van der Waals surface area contributed by atoms with E-state index in [4.69, 9.17) is 27.9 Å². The molecule has 0 saturated carbocycles. The minimum absolute atomic E-state index is 0.0717. The molecule has 1 N–H and O–H groups in total. The monoisotopic (exact) mass is 569 g/mol. The second kappa shape index (κ2) is 13.6. The van der Waals surface area contributed by atoms with Crippen molar-refractivity contribution < 1.29 is 18.7 Å². The molecule has 39 heavy (non-hydrogen) atoms. The van der Waals surface area contributed by atoms with Crippen molar-refractivity contribution in [3.63, 3.8) is 0 Å². The Labute approximate surface area is 237 Å². The number of ether oxygens (including phenoxy) is 1. The first-order valence-electron chi connectivity index (χ1n) is 12.7. The number of hydrogen-bond acceptors (Lipinski definition) is 3. The van der Waals surface area contributed by atoms with E-state index in [1.54, 1.807) is 30.2 Å². The summed E-state index contributed by atoms with van der Waals surface area (Å²) in [5.74, 6) is -1.43. The van der Waals surface area contributed by atoms with Crippen LogP contribution in [-0.4, -0.2) is 59.9 Å². The second-order valence-corrected chi connectivity index (χ2v) is 10.0. The van der Waals surface area contributed by atoms with Gasteiger partial charge in [-0.15, -0.1) is 0 Å². The maximum atomic E-state index is 14.5. The van der Waals surface area contributed by atoms with Crippen molar-refractivity contribution in [2.45, 2.75) is 19.4 Å². The van der Waals surface area contributed by atoms with Crippen LogP contribution in [0.2, 0.25) is 10.0 Å². The Balaban J connectivity index is 1.57. The number of carbonyl (C=O) groups is 2. The van der Waals surface area contributed by atoms with Gasteiger partial charge in [0.25, 0.3) is 5.91 Å². The van der Waals surface area contributed by atoms with Gasteiger partial charge in [-0.3, -0.25) is 9.59 Å². The van der Waals surface area contributed by atoms with Crippen molar-refractivity contribution >= 4 is 45.9 Å². The molecule has 0 radical (unpaired) electrons. The van der Waals surface area contributed by atoms with E-state index in [0.717, 1.165) is 22.0 Å². The highest BCUT2D eigenvalue weighted by Crippen LogP contribution is 2.24. The van der Waals surface area contributed by atoms with Gasteiger partial charge in [-0.25, -0.2) is 4.39 Å². The molecule has 1 heterocycles. The van der Waals surface area contributed by atoms with Crippen molar-refractivity contribution in [1.82, 2.24) is 14.8 Å². The third-order valence-electron chi connectivity index (χ3n) is 6.53. The fourth-order valence-electron chi connectivity index (χ4n) is 4.46. The van der Waals surface area contributed by atoms with Crippen LogP contribution in [0.3, 0.4) is 0 Å². The molecule has 4 rings (SSSR count). The van der Waals surface area contributed by atoms with Crippen LogP contribution in [0.5, 0.6) is 0 Å². The van der Waals surface area contributed by atoms with Crippen molar-refractivity contribution in [2.75, 3.05) is 33.4 Å². The Kier molecular flexibility index (Phi) is 9.98. The molecule has 3 aromatic carbocycles. The predicted molar refractivity (Wildman–Crippen MR) is 153 cm³/mol. The Morgan fingerprint density at radius 1 is 0.949 bits per heavy atom. The smallest absolute Gasteiger partial charge is 0.257 e. The Morgan fingerprint density at radius 2 is 1.72 bits per heavy atom. The van der Waals surface area contributed by atoms with Crippen LogP contribution >= 0.6 is 23.2 Å². The maximum absolute atomic E-state index is 14.5. The lowest BCUT2D eigenvalue weighted by Crippen LogP contribution is -2.44. The zero-order valence-electron chi connectivity index (χ0n) is 21.6. The molecule has 0 aliphatic carbocycles. The molecule has 0 atom stereocenters. The zero-order valence-corrected chi connectivity index (χ0v) is 23.1. The van der Waals surface area contributed by atoms with E-state index >= 15 is 0 Å². The first-order chi connectivity index (χ1) is 18.9. The highest BCUT2D eigenvalue weighted by atomic mass is 35.5. The fraction of sp³-hybridized carbons (Fsp3) is 0.267. The van der Waals surface area contributed by atoms with Gasteiger partial charge in [0.15, 0.2) is 0 Å². The van der Waals surface area contributed by atoms with Gasteiger partial charge in [0.2, 0.25) is 5.91 Å². The summed E-state index contributed by atoms with van der Waals surface area (Å²) in [4.78, 5) is 33.4. The van der Waals surface area contributed by atoms with Gasteiger partial charge < -0.3 is 19.5 Å². The third kappa shape index (κ3) is 7.38. The molecule has 2 amide bonds. The Hall–Kier alpha value is -3.39. The average Bonchev–Trinajstić information content (AvgIpc) is 3.35. The van der Waals surface area contributed by atoms with E-state index in [1.807, 2.05) is 36.5 Å². The summed E-state index contributed by atoms with van der Waals surface area (Å²) < 4.78 is 19.6. The number of rotatable bonds is 12. The summed E-state index contributed by atoms with van der Waals surface area (Å²) in [7, 11) is 1.57. The first-order valence-corrected chi connectivity index (χ1v) is 13.4. The minimum Gasteiger partial charge on any atom is -0.385 e. The number of nitrogens with one attached hydrogen (secondary N) is 1. The van der Waals surface area contributed by atoms with Crippen LogP contribution in [0.4, 0.5) is 4.39 Å². The van der Waals surface area contributed by atoms with E-state index in [9.17, 15) is 14.0 Å². The Morgan fingerprint density at radius 3 is 2.49 bits per heavy atom. The van der Waals surface area contributed by atoms with Crippen LogP contribution in [0.15, 0.2) is 72.9 Å². The van der Waals surface area contributed by atoms with Crippen LogP contribution in [0, 0.1) is 5.82 Å². The summed E-state index contributed by atoms with van der Waals surface area (Å²) in [6.45, 7) is 1.13. The zero-order chi connectivity index (χ0) is 27.8. The molecule has 0 aliphatic rings. The highest BCUT2D eigenvalue weighted by Gasteiger charge is 2.24. The van der Waals surface area contributed by atoms with Crippen molar-refractivity contribution in [1.29, 1.82) is 0 Å². The number of halogens is 3. The number of aromatic amines is 1. The molecular formula is C30H30Cl2FN3O3. The van der Waals surface area contributed by atoms with E-state index in [1.165, 1.54) is 23.1 Å². The number of carbonyl (C=O) groups excluding carboxylic acids is 2. The SMILES string of the molecule is COCCCN(CC(=O)N(CCc1c[nH]c2ccccc12)Cc1ccc(Cl)c(Cl)c1)C(=O)c1ccccc1F. The van der Waals surface area contributed by atoms with E-state index < -0.39 is 11.7 Å². The number of para-hydroxylation sites is 1. The molecule has 6 nitrogen and oxygen atoms in total. The average molecular weight is 570 g/mol. The molecule has 1 aromatic heterocycles. The summed E-state index contributed by atoms with van der Waals surface area (Å²) in [5.41, 5.74) is 2.84. The number of fused-ring (bicyclic) bond motifs is 1. The molecule has 4 aromatic rings. The largest absolute Gasteiger partial charge is 0.385 e. The molecule has 0 bridgehead atoms. The number of H-pyrrole nitrogens is 1. The van der Waals surface area contributed by atoms with Crippen LogP contribution < -0.4 is 0 Å². The second-order valence-electron chi connectivity index (χ2n) is 9.23. The molecule has 0 saturated heterocycles. The minimum atomic E-state index is -0.626. The van der Waals surface area contributed by atoms with Crippen LogP contribution in [0.1, 0.15) is 27.9 Å². The van der Waals surface area contributed by atoms with Crippen LogP contribution in [0.25, 0.3) is 10.9 Å². The van der Waals surface area contributed by atoms with Gasteiger partial charge in [0.1, 0.15) is 12.4 Å². The van der Waals surface area contributed by atoms with Crippen molar-refractivity contribution in [3.05, 3.63) is 105 Å². The standard InChI is InChI=1S/C30H30Cl2FN3O3/c1-39-16-6-14-36(30(38)24-8-2-4-9-27(24)33)20-29(37)35(19-21-11-12-25(31)26(32)17-21)15-13-22-18-34-28-10-5-3-7-23(22)28/h2-5,7-12,17-18,34H,6,13-16,19-20H2,1H3. The molecule has 204 valence electrons. The maximum Gasteiger partial charge on any atom is 0.257 e. The van der Waals surface area contributed by atoms with Gasteiger partial charge in [-0.05, 0) is 54.3 Å². The van der Waals surface area contributed by atoms with E-state index in [2.05, 4.69) is 4.98 Å². The number of methoxy groups -OCH3 is 1. The number of nitrogens with zero attached hydrogens (tertiary/aromatic N) is 2. The fourth-order valence-corrected chi connectivity index (χ4v) is 4.79. The number of benzene rings is 3. The van der Waals surface area contributed by atoms with Crippen molar-refractivity contribution in [2.24, 2.45) is 0 Å². The molecular weight excluding hydrogens is 540 g/mol. The first kappa shape index (κ1) is 28.6. The highest BCUT2D eigenvalue weighted by molar-refractivity contribution is 6.42. The lowest BCUT2D eigenvalue weighted by Gasteiger charge is -2.28. The normalized spacial score (nSPS) is 11.1. The van der Waals surface area contributed by atoms with Crippen molar-refractivity contribution in [3.8, 4) is 0 Å². The molecule has 0 unspecified atom stereocenters. The summed E-state index contributed by atoms with van der Waals surface area (Å²) in [5, 5.41) is 1.92. The predicted octanol–water partition coefficient (Wildman–Crippen LogP) is 6.36. The van der Waals surface area contributed by atoms with Gasteiger partial charge in [0, 0.05) is 50.5 Å².